The fourth-order valence-electron chi connectivity index (χ4n) is 2.29. The molecule has 1 aromatic heterocycles. The summed E-state index contributed by atoms with van der Waals surface area (Å²) in [6.45, 7) is 3.66. The molecular formula is C18H19ClN2O3. The van der Waals surface area contributed by atoms with Gasteiger partial charge < -0.3 is 10.4 Å². The summed E-state index contributed by atoms with van der Waals surface area (Å²) >= 11 is 6.13. The van der Waals surface area contributed by atoms with Gasteiger partial charge in [-0.25, -0.2) is 4.79 Å². The highest BCUT2D eigenvalue weighted by molar-refractivity contribution is 6.34. The standard InChI is InChI=1S/C18H19ClN2O3/c1-3-11(2)16(18(23)24)21-17(22)13-10-12(7-8-14(13)19)15-6-4-5-9-20-15/h4-11,16H,3H2,1-2H3,(H,21,22)(H,23,24). The fourth-order valence-corrected chi connectivity index (χ4v) is 2.50. The molecule has 2 rings (SSSR count). The molecule has 0 aliphatic carbocycles. The summed E-state index contributed by atoms with van der Waals surface area (Å²) in [5, 5.41) is 12.1. The number of aliphatic carboxylic acids is 1. The summed E-state index contributed by atoms with van der Waals surface area (Å²) in [6, 6.07) is 9.51. The number of aromatic nitrogens is 1. The molecule has 0 spiro atoms. The lowest BCUT2D eigenvalue weighted by Gasteiger charge is -2.20. The van der Waals surface area contributed by atoms with Gasteiger partial charge in [-0.15, -0.1) is 0 Å². The molecule has 0 aliphatic heterocycles. The van der Waals surface area contributed by atoms with Crippen LogP contribution in [0.3, 0.4) is 0 Å². The molecule has 5 nitrogen and oxygen atoms in total. The minimum atomic E-state index is -1.06. The Hall–Kier alpha value is -2.40. The molecule has 2 unspecified atom stereocenters. The van der Waals surface area contributed by atoms with E-state index in [1.807, 2.05) is 19.1 Å². The van der Waals surface area contributed by atoms with Crippen molar-refractivity contribution in [1.82, 2.24) is 10.3 Å². The summed E-state index contributed by atoms with van der Waals surface area (Å²) in [6.07, 6.45) is 2.30. The third-order valence-electron chi connectivity index (χ3n) is 3.94. The zero-order valence-electron chi connectivity index (χ0n) is 13.5. The summed E-state index contributed by atoms with van der Waals surface area (Å²) in [5.41, 5.74) is 1.68. The zero-order chi connectivity index (χ0) is 17.7. The van der Waals surface area contributed by atoms with Crippen molar-refractivity contribution in [2.45, 2.75) is 26.3 Å². The van der Waals surface area contributed by atoms with E-state index in [9.17, 15) is 14.7 Å². The van der Waals surface area contributed by atoms with Crippen molar-refractivity contribution in [3.63, 3.8) is 0 Å². The Bertz CT molecular complexity index is 734. The van der Waals surface area contributed by atoms with Crippen LogP contribution in [0.1, 0.15) is 30.6 Å². The molecule has 0 bridgehead atoms. The largest absolute Gasteiger partial charge is 0.480 e. The molecule has 2 N–H and O–H groups in total. The second-order valence-electron chi connectivity index (χ2n) is 5.58. The van der Waals surface area contributed by atoms with Crippen molar-refractivity contribution in [2.24, 2.45) is 5.92 Å². The van der Waals surface area contributed by atoms with Gasteiger partial charge in [0.05, 0.1) is 16.3 Å². The molecule has 1 aromatic carbocycles. The molecule has 0 saturated heterocycles. The maximum absolute atomic E-state index is 12.5. The van der Waals surface area contributed by atoms with Crippen molar-refractivity contribution in [3.8, 4) is 11.3 Å². The van der Waals surface area contributed by atoms with Crippen LogP contribution in [0, 0.1) is 5.92 Å². The van der Waals surface area contributed by atoms with Gasteiger partial charge in [-0.2, -0.15) is 0 Å². The van der Waals surface area contributed by atoms with E-state index in [4.69, 9.17) is 11.6 Å². The van der Waals surface area contributed by atoms with E-state index in [-0.39, 0.29) is 16.5 Å². The number of carboxylic acid groups (broad SMARTS) is 1. The maximum Gasteiger partial charge on any atom is 0.326 e. The third-order valence-corrected chi connectivity index (χ3v) is 4.27. The second kappa shape index (κ2) is 7.93. The highest BCUT2D eigenvalue weighted by Crippen LogP contribution is 2.24. The number of carbonyl (C=O) groups is 2. The molecule has 1 heterocycles. The molecule has 24 heavy (non-hydrogen) atoms. The van der Waals surface area contributed by atoms with Crippen molar-refractivity contribution < 1.29 is 14.7 Å². The monoisotopic (exact) mass is 346 g/mol. The van der Waals surface area contributed by atoms with Crippen LogP contribution in [0.15, 0.2) is 42.6 Å². The van der Waals surface area contributed by atoms with Crippen molar-refractivity contribution in [2.75, 3.05) is 0 Å². The Kier molecular flexibility index (Phi) is 5.93. The smallest absolute Gasteiger partial charge is 0.326 e. The lowest BCUT2D eigenvalue weighted by Crippen LogP contribution is -2.45. The number of nitrogens with one attached hydrogen (secondary N) is 1. The van der Waals surface area contributed by atoms with Crippen LogP contribution in [0.5, 0.6) is 0 Å². The van der Waals surface area contributed by atoms with E-state index in [1.165, 1.54) is 0 Å². The summed E-state index contributed by atoms with van der Waals surface area (Å²) in [7, 11) is 0. The molecule has 0 saturated carbocycles. The van der Waals surface area contributed by atoms with E-state index in [0.29, 0.717) is 12.1 Å². The molecule has 2 aromatic rings. The molecule has 0 radical (unpaired) electrons. The van der Waals surface area contributed by atoms with Crippen molar-refractivity contribution >= 4 is 23.5 Å². The topological polar surface area (TPSA) is 79.3 Å². The Balaban J connectivity index is 2.30. The van der Waals surface area contributed by atoms with Gasteiger partial charge in [0.1, 0.15) is 6.04 Å². The van der Waals surface area contributed by atoms with Crippen LogP contribution in [0.2, 0.25) is 5.02 Å². The van der Waals surface area contributed by atoms with E-state index < -0.39 is 17.9 Å². The van der Waals surface area contributed by atoms with Gasteiger partial charge >= 0.3 is 5.97 Å². The predicted octanol–water partition coefficient (Wildman–Crippen LogP) is 3.63. The summed E-state index contributed by atoms with van der Waals surface area (Å²) in [4.78, 5) is 28.1. The molecule has 2 atom stereocenters. The lowest BCUT2D eigenvalue weighted by molar-refractivity contribution is -0.140. The zero-order valence-corrected chi connectivity index (χ0v) is 14.2. The molecular weight excluding hydrogens is 328 g/mol. The number of nitrogens with zero attached hydrogens (tertiary/aromatic N) is 1. The highest BCUT2D eigenvalue weighted by atomic mass is 35.5. The first kappa shape index (κ1) is 17.9. The van der Waals surface area contributed by atoms with Crippen LogP contribution in [0.4, 0.5) is 0 Å². The summed E-state index contributed by atoms with van der Waals surface area (Å²) in [5.74, 6) is -1.76. The molecule has 1 amide bonds. The first-order valence-electron chi connectivity index (χ1n) is 7.68. The SMILES string of the molecule is CCC(C)C(NC(=O)c1cc(-c2ccccn2)ccc1Cl)C(=O)O. The number of benzene rings is 1. The van der Waals surface area contributed by atoms with Gasteiger partial charge in [0.2, 0.25) is 0 Å². The number of carboxylic acids is 1. The predicted molar refractivity (Wildman–Crippen MR) is 93.0 cm³/mol. The number of carbonyl (C=O) groups excluding carboxylic acids is 1. The van der Waals surface area contributed by atoms with E-state index in [1.54, 1.807) is 37.4 Å². The average Bonchev–Trinajstić information content (AvgIpc) is 2.59. The second-order valence-corrected chi connectivity index (χ2v) is 5.99. The van der Waals surface area contributed by atoms with Crippen LogP contribution in [-0.4, -0.2) is 28.0 Å². The van der Waals surface area contributed by atoms with Gasteiger partial charge in [0.25, 0.3) is 5.91 Å². The summed E-state index contributed by atoms with van der Waals surface area (Å²) < 4.78 is 0. The van der Waals surface area contributed by atoms with Crippen LogP contribution in [0.25, 0.3) is 11.3 Å². The quantitative estimate of drug-likeness (QED) is 0.837. The Morgan fingerprint density at radius 2 is 2.04 bits per heavy atom. The minimum Gasteiger partial charge on any atom is -0.480 e. The highest BCUT2D eigenvalue weighted by Gasteiger charge is 2.26. The lowest BCUT2D eigenvalue weighted by atomic mass is 9.98. The molecule has 126 valence electrons. The van der Waals surface area contributed by atoms with E-state index in [2.05, 4.69) is 10.3 Å². The number of hydrogen-bond acceptors (Lipinski definition) is 3. The first-order valence-corrected chi connectivity index (χ1v) is 8.06. The number of hydrogen-bond donors (Lipinski definition) is 2. The first-order chi connectivity index (χ1) is 11.4. The van der Waals surface area contributed by atoms with E-state index in [0.717, 1.165) is 5.56 Å². The fraction of sp³-hybridized carbons (Fsp3) is 0.278. The van der Waals surface area contributed by atoms with Crippen LogP contribution < -0.4 is 5.32 Å². The third kappa shape index (κ3) is 4.11. The minimum absolute atomic E-state index is 0.191. The Morgan fingerprint density at radius 3 is 2.62 bits per heavy atom. The van der Waals surface area contributed by atoms with Crippen molar-refractivity contribution in [1.29, 1.82) is 0 Å². The van der Waals surface area contributed by atoms with Crippen LogP contribution >= 0.6 is 11.6 Å². The number of amides is 1. The molecule has 6 heteroatoms. The molecule has 0 fully saturated rings. The van der Waals surface area contributed by atoms with Gasteiger partial charge in [-0.1, -0.05) is 44.0 Å². The van der Waals surface area contributed by atoms with Crippen molar-refractivity contribution in [3.05, 3.63) is 53.2 Å². The average molecular weight is 347 g/mol. The van der Waals surface area contributed by atoms with Gasteiger partial charge in [-0.05, 0) is 30.2 Å². The van der Waals surface area contributed by atoms with Gasteiger partial charge in [-0.3, -0.25) is 9.78 Å². The number of pyridine rings is 1. The maximum atomic E-state index is 12.5. The Labute approximate surface area is 145 Å². The Morgan fingerprint density at radius 1 is 1.29 bits per heavy atom. The van der Waals surface area contributed by atoms with Crippen LogP contribution in [-0.2, 0) is 4.79 Å². The number of rotatable bonds is 6. The van der Waals surface area contributed by atoms with E-state index >= 15 is 0 Å². The molecule has 0 aliphatic rings. The normalized spacial score (nSPS) is 13.1. The number of halogens is 1. The van der Waals surface area contributed by atoms with Gasteiger partial charge in [0.15, 0.2) is 0 Å². The van der Waals surface area contributed by atoms with Gasteiger partial charge in [0, 0.05) is 11.8 Å².